The van der Waals surface area contributed by atoms with Gasteiger partial charge in [-0.2, -0.15) is 11.8 Å². The zero-order valence-electron chi connectivity index (χ0n) is 9.49. The molecular weight excluding hydrogens is 230 g/mol. The van der Waals surface area contributed by atoms with E-state index in [1.54, 1.807) is 6.07 Å². The van der Waals surface area contributed by atoms with Gasteiger partial charge in [0.25, 0.3) is 0 Å². The highest BCUT2D eigenvalue weighted by Crippen LogP contribution is 2.17. The molecule has 15 heavy (non-hydrogen) atoms. The Balaban J connectivity index is 2.85. The molecule has 0 spiro atoms. The lowest BCUT2D eigenvalue weighted by Gasteiger charge is -2.25. The first kappa shape index (κ1) is 12.6. The van der Waals surface area contributed by atoms with Gasteiger partial charge < -0.3 is 4.90 Å². The van der Waals surface area contributed by atoms with E-state index in [9.17, 15) is 0 Å². The first-order valence-electron chi connectivity index (χ1n) is 4.77. The molecule has 0 radical (unpaired) electrons. The molecule has 1 aromatic heterocycles. The van der Waals surface area contributed by atoms with E-state index in [2.05, 4.69) is 28.0 Å². The number of nitrogens with zero attached hydrogens (tertiary/aromatic N) is 3. The van der Waals surface area contributed by atoms with Gasteiger partial charge in [-0.05, 0) is 20.1 Å². The number of hydrogen-bond acceptors (Lipinski definition) is 4. The van der Waals surface area contributed by atoms with Crippen molar-refractivity contribution in [2.24, 2.45) is 0 Å². The molecule has 0 aliphatic carbocycles. The molecule has 0 aliphatic heterocycles. The summed E-state index contributed by atoms with van der Waals surface area (Å²) in [5.41, 5.74) is 0. The number of aromatic nitrogens is 2. The molecule has 0 saturated heterocycles. The lowest BCUT2D eigenvalue weighted by molar-refractivity contribution is 0.748. The predicted molar refractivity (Wildman–Crippen MR) is 68.0 cm³/mol. The zero-order valence-corrected chi connectivity index (χ0v) is 11.1. The van der Waals surface area contributed by atoms with Gasteiger partial charge in [0.05, 0.1) is 0 Å². The van der Waals surface area contributed by atoms with Gasteiger partial charge in [0.2, 0.25) is 0 Å². The Bertz CT molecular complexity index is 312. The quantitative estimate of drug-likeness (QED) is 0.763. The second-order valence-corrected chi connectivity index (χ2v) is 4.81. The smallest absolute Gasteiger partial charge is 0.134 e. The second-order valence-electron chi connectivity index (χ2n) is 3.51. The summed E-state index contributed by atoms with van der Waals surface area (Å²) in [7, 11) is 2.03. The second kappa shape index (κ2) is 5.56. The highest BCUT2D eigenvalue weighted by Gasteiger charge is 2.11. The van der Waals surface area contributed by atoms with Gasteiger partial charge in [-0.1, -0.05) is 11.6 Å². The summed E-state index contributed by atoms with van der Waals surface area (Å²) >= 11 is 7.72. The van der Waals surface area contributed by atoms with Crippen LogP contribution in [-0.2, 0) is 0 Å². The normalized spacial score (nSPS) is 12.6. The van der Waals surface area contributed by atoms with Gasteiger partial charge in [-0.3, -0.25) is 0 Å². The van der Waals surface area contributed by atoms with E-state index in [0.29, 0.717) is 17.0 Å². The fraction of sp³-hybridized carbons (Fsp3) is 0.600. The van der Waals surface area contributed by atoms with Gasteiger partial charge in [-0.15, -0.1) is 0 Å². The van der Waals surface area contributed by atoms with Crippen molar-refractivity contribution in [3.05, 3.63) is 17.0 Å². The van der Waals surface area contributed by atoms with Crippen LogP contribution in [0.25, 0.3) is 0 Å². The van der Waals surface area contributed by atoms with Crippen LogP contribution in [0.3, 0.4) is 0 Å². The van der Waals surface area contributed by atoms with Crippen LogP contribution < -0.4 is 4.90 Å². The molecule has 5 heteroatoms. The van der Waals surface area contributed by atoms with E-state index >= 15 is 0 Å². The fourth-order valence-corrected chi connectivity index (χ4v) is 2.20. The van der Waals surface area contributed by atoms with Crippen molar-refractivity contribution in [2.45, 2.75) is 19.9 Å². The summed E-state index contributed by atoms with van der Waals surface area (Å²) in [5.74, 6) is 2.66. The van der Waals surface area contributed by atoms with Crippen LogP contribution in [-0.4, -0.2) is 35.1 Å². The Kier molecular flexibility index (Phi) is 4.67. The van der Waals surface area contributed by atoms with Crippen LogP contribution in [0, 0.1) is 6.92 Å². The molecule has 0 aliphatic rings. The Labute approximate surface area is 100 Å². The molecule has 0 aromatic carbocycles. The third kappa shape index (κ3) is 3.54. The van der Waals surface area contributed by atoms with Crippen molar-refractivity contribution in [3.63, 3.8) is 0 Å². The Hall–Kier alpha value is -0.480. The number of anilines is 1. The van der Waals surface area contributed by atoms with E-state index in [-0.39, 0.29) is 0 Å². The lowest BCUT2D eigenvalue weighted by atomic mass is 10.3. The van der Waals surface area contributed by atoms with Crippen molar-refractivity contribution in [3.8, 4) is 0 Å². The molecule has 0 saturated carbocycles. The topological polar surface area (TPSA) is 29.0 Å². The van der Waals surface area contributed by atoms with Crippen molar-refractivity contribution in [1.29, 1.82) is 0 Å². The van der Waals surface area contributed by atoms with Gasteiger partial charge in [0.15, 0.2) is 0 Å². The number of rotatable bonds is 4. The number of halogens is 1. The monoisotopic (exact) mass is 245 g/mol. The van der Waals surface area contributed by atoms with Gasteiger partial charge >= 0.3 is 0 Å². The summed E-state index contributed by atoms with van der Waals surface area (Å²) in [5, 5.41) is 0.501. The summed E-state index contributed by atoms with van der Waals surface area (Å²) in [6.07, 6.45) is 2.10. The minimum Gasteiger partial charge on any atom is -0.356 e. The van der Waals surface area contributed by atoms with E-state index < -0.39 is 0 Å². The maximum atomic E-state index is 5.89. The van der Waals surface area contributed by atoms with E-state index in [0.717, 1.165) is 11.6 Å². The van der Waals surface area contributed by atoms with Crippen LogP contribution in [0.15, 0.2) is 6.07 Å². The third-order valence-corrected chi connectivity index (χ3v) is 3.23. The SMILES string of the molecule is CSCC(C)N(C)c1cc(Cl)nc(C)n1. The van der Waals surface area contributed by atoms with Gasteiger partial charge in [0.1, 0.15) is 16.8 Å². The predicted octanol–water partition coefficient (Wildman–Crippen LogP) is 2.63. The highest BCUT2D eigenvalue weighted by atomic mass is 35.5. The highest BCUT2D eigenvalue weighted by molar-refractivity contribution is 7.98. The maximum absolute atomic E-state index is 5.89. The molecule has 84 valence electrons. The third-order valence-electron chi connectivity index (χ3n) is 2.22. The minimum atomic E-state index is 0.436. The van der Waals surface area contributed by atoms with Crippen molar-refractivity contribution in [1.82, 2.24) is 9.97 Å². The van der Waals surface area contributed by atoms with Crippen LogP contribution in [0.1, 0.15) is 12.7 Å². The summed E-state index contributed by atoms with van der Waals surface area (Å²) in [4.78, 5) is 10.5. The fourth-order valence-electron chi connectivity index (χ4n) is 1.28. The molecule has 0 N–H and O–H groups in total. The Morgan fingerprint density at radius 3 is 2.73 bits per heavy atom. The average Bonchev–Trinajstić information content (AvgIpc) is 2.15. The number of hydrogen-bond donors (Lipinski definition) is 0. The molecule has 1 rings (SSSR count). The largest absolute Gasteiger partial charge is 0.356 e. The summed E-state index contributed by atoms with van der Waals surface area (Å²) < 4.78 is 0. The summed E-state index contributed by atoms with van der Waals surface area (Å²) in [6.45, 7) is 4.02. The zero-order chi connectivity index (χ0) is 11.4. The molecule has 1 aromatic rings. The molecule has 0 bridgehead atoms. The minimum absolute atomic E-state index is 0.436. The molecular formula is C10H16ClN3S. The van der Waals surface area contributed by atoms with Crippen LogP contribution in [0.4, 0.5) is 5.82 Å². The van der Waals surface area contributed by atoms with E-state index in [4.69, 9.17) is 11.6 Å². The van der Waals surface area contributed by atoms with Crippen LogP contribution >= 0.6 is 23.4 Å². The van der Waals surface area contributed by atoms with Crippen molar-refractivity contribution < 1.29 is 0 Å². The lowest BCUT2D eigenvalue weighted by Crippen LogP contribution is -2.31. The average molecular weight is 246 g/mol. The molecule has 1 heterocycles. The van der Waals surface area contributed by atoms with E-state index in [1.165, 1.54) is 0 Å². The van der Waals surface area contributed by atoms with Crippen LogP contribution in [0.2, 0.25) is 5.15 Å². The number of aryl methyl sites for hydroxylation is 1. The van der Waals surface area contributed by atoms with Crippen LogP contribution in [0.5, 0.6) is 0 Å². The molecule has 0 amide bonds. The molecule has 0 fully saturated rings. The maximum Gasteiger partial charge on any atom is 0.134 e. The molecule has 1 atom stereocenters. The molecule has 1 unspecified atom stereocenters. The van der Waals surface area contributed by atoms with Crippen molar-refractivity contribution in [2.75, 3.05) is 24.0 Å². The number of thioether (sulfide) groups is 1. The standard InChI is InChI=1S/C10H16ClN3S/c1-7(6-15-4)14(3)10-5-9(11)12-8(2)13-10/h5,7H,6H2,1-4H3. The van der Waals surface area contributed by atoms with Crippen molar-refractivity contribution >= 4 is 29.2 Å². The summed E-state index contributed by atoms with van der Waals surface area (Å²) in [6, 6.07) is 2.23. The first-order valence-corrected chi connectivity index (χ1v) is 6.54. The van der Waals surface area contributed by atoms with Gasteiger partial charge in [0, 0.05) is 24.9 Å². The van der Waals surface area contributed by atoms with E-state index in [1.807, 2.05) is 25.7 Å². The molecule has 3 nitrogen and oxygen atoms in total. The Morgan fingerprint density at radius 1 is 1.53 bits per heavy atom. The van der Waals surface area contributed by atoms with Gasteiger partial charge in [-0.25, -0.2) is 9.97 Å². The Morgan fingerprint density at radius 2 is 2.20 bits per heavy atom. The first-order chi connectivity index (χ1) is 7.04.